The lowest BCUT2D eigenvalue weighted by Gasteiger charge is -2.27. The predicted octanol–water partition coefficient (Wildman–Crippen LogP) is 0.143. The molecule has 2 aromatic rings. The molecule has 0 amide bonds. The number of rotatable bonds is 3. The van der Waals surface area contributed by atoms with E-state index in [2.05, 4.69) is 9.97 Å². The minimum Gasteiger partial charge on any atom is -0.508 e. The van der Waals surface area contributed by atoms with Gasteiger partial charge in [-0.05, 0) is 24.6 Å². The molecular formula is C15H17N3O5S. The summed E-state index contributed by atoms with van der Waals surface area (Å²) in [6, 6.07) is 4.27. The molecule has 0 saturated heterocycles. The average molecular weight is 351 g/mol. The quantitative estimate of drug-likeness (QED) is 0.531. The second-order valence-corrected chi connectivity index (χ2v) is 7.77. The van der Waals surface area contributed by atoms with Crippen molar-refractivity contribution < 1.29 is 18.6 Å². The van der Waals surface area contributed by atoms with Crippen LogP contribution in [0.25, 0.3) is 0 Å². The summed E-state index contributed by atoms with van der Waals surface area (Å²) in [5.41, 5.74) is 1.02. The highest BCUT2D eigenvalue weighted by Crippen LogP contribution is 2.25. The van der Waals surface area contributed by atoms with E-state index in [1.807, 2.05) is 4.90 Å². The number of nitrogens with zero attached hydrogens (tertiary/aromatic N) is 2. The van der Waals surface area contributed by atoms with Gasteiger partial charge in [0.1, 0.15) is 11.5 Å². The van der Waals surface area contributed by atoms with Gasteiger partial charge in [-0.15, -0.1) is 0 Å². The van der Waals surface area contributed by atoms with Gasteiger partial charge in [0.05, 0.1) is 5.69 Å². The van der Waals surface area contributed by atoms with Gasteiger partial charge in [-0.3, -0.25) is 14.7 Å². The van der Waals surface area contributed by atoms with Crippen LogP contribution in [0.5, 0.6) is 11.5 Å². The van der Waals surface area contributed by atoms with Gasteiger partial charge in [0.2, 0.25) is 15.0 Å². The molecule has 9 heteroatoms. The van der Waals surface area contributed by atoms with Crippen LogP contribution in [0.15, 0.2) is 28.2 Å². The summed E-state index contributed by atoms with van der Waals surface area (Å²) in [6.07, 6.45) is 1.42. The van der Waals surface area contributed by atoms with E-state index < -0.39 is 15.4 Å². The molecule has 1 aliphatic rings. The lowest BCUT2D eigenvalue weighted by atomic mass is 10.1. The van der Waals surface area contributed by atoms with Crippen molar-refractivity contribution in [3.8, 4) is 11.5 Å². The first-order valence-corrected chi connectivity index (χ1v) is 9.18. The van der Waals surface area contributed by atoms with Crippen molar-refractivity contribution in [2.45, 2.75) is 24.7 Å². The number of hydrogen-bond acceptors (Lipinski definition) is 7. The molecule has 3 N–H and O–H groups in total. The number of nitrogens with one attached hydrogen (secondary N) is 1. The van der Waals surface area contributed by atoms with Crippen molar-refractivity contribution in [2.24, 2.45) is 0 Å². The van der Waals surface area contributed by atoms with E-state index in [0.29, 0.717) is 36.3 Å². The van der Waals surface area contributed by atoms with Gasteiger partial charge in [0.25, 0.3) is 5.56 Å². The zero-order chi connectivity index (χ0) is 17.5. The number of H-pyrrole nitrogens is 1. The van der Waals surface area contributed by atoms with Gasteiger partial charge in [-0.2, -0.15) is 0 Å². The van der Waals surface area contributed by atoms with Crippen LogP contribution in [-0.2, 0) is 29.3 Å². The van der Waals surface area contributed by atoms with E-state index >= 15 is 0 Å². The summed E-state index contributed by atoms with van der Waals surface area (Å²) in [7, 11) is -3.61. The minimum atomic E-state index is -3.61. The molecule has 3 rings (SSSR count). The molecule has 1 aliphatic heterocycles. The molecule has 0 spiro atoms. The molecule has 0 atom stereocenters. The molecule has 2 heterocycles. The van der Waals surface area contributed by atoms with Crippen molar-refractivity contribution in [3.05, 3.63) is 45.4 Å². The minimum absolute atomic E-state index is 0.0501. The van der Waals surface area contributed by atoms with E-state index in [4.69, 9.17) is 0 Å². The van der Waals surface area contributed by atoms with Crippen molar-refractivity contribution >= 4 is 9.84 Å². The lowest BCUT2D eigenvalue weighted by molar-refractivity contribution is 0.236. The Bertz CT molecular complexity index is 952. The number of benzene rings is 1. The predicted molar refractivity (Wildman–Crippen MR) is 85.6 cm³/mol. The maximum absolute atomic E-state index is 12.0. The second-order valence-electron chi connectivity index (χ2n) is 5.84. The molecule has 0 fully saturated rings. The molecule has 1 aromatic heterocycles. The molecule has 0 saturated carbocycles. The largest absolute Gasteiger partial charge is 0.508 e. The van der Waals surface area contributed by atoms with Gasteiger partial charge >= 0.3 is 0 Å². The van der Waals surface area contributed by atoms with Crippen molar-refractivity contribution in [2.75, 3.05) is 12.8 Å². The van der Waals surface area contributed by atoms with Crippen LogP contribution >= 0.6 is 0 Å². The first-order valence-electron chi connectivity index (χ1n) is 7.29. The van der Waals surface area contributed by atoms with E-state index in [9.17, 15) is 23.4 Å². The van der Waals surface area contributed by atoms with E-state index in [-0.39, 0.29) is 23.2 Å². The fourth-order valence-corrected chi connectivity index (χ4v) is 3.28. The Labute approximate surface area is 138 Å². The van der Waals surface area contributed by atoms with Gasteiger partial charge in [-0.1, -0.05) is 0 Å². The highest BCUT2D eigenvalue weighted by atomic mass is 32.2. The van der Waals surface area contributed by atoms with E-state index in [0.717, 1.165) is 6.26 Å². The van der Waals surface area contributed by atoms with E-state index in [1.54, 1.807) is 0 Å². The highest BCUT2D eigenvalue weighted by Gasteiger charge is 2.24. The Hall–Kier alpha value is -2.39. The van der Waals surface area contributed by atoms with Crippen LogP contribution in [0.2, 0.25) is 0 Å². The third kappa shape index (κ3) is 3.26. The SMILES string of the molecule is CS(=O)(=O)c1nc2c(c(=O)[nH]1)CCN(Cc1cc(O)ccc1O)C2. The number of aromatic hydroxyl groups is 2. The number of hydrogen-bond donors (Lipinski definition) is 3. The van der Waals surface area contributed by atoms with Crippen molar-refractivity contribution in [1.29, 1.82) is 0 Å². The van der Waals surface area contributed by atoms with Crippen molar-refractivity contribution in [3.63, 3.8) is 0 Å². The maximum Gasteiger partial charge on any atom is 0.255 e. The molecule has 0 bridgehead atoms. The maximum atomic E-state index is 12.0. The summed E-state index contributed by atoms with van der Waals surface area (Å²) >= 11 is 0. The molecule has 8 nitrogen and oxygen atoms in total. The normalized spacial score (nSPS) is 15.2. The third-order valence-electron chi connectivity index (χ3n) is 3.94. The number of sulfone groups is 1. The van der Waals surface area contributed by atoms with Gasteiger partial charge in [0.15, 0.2) is 0 Å². The van der Waals surface area contributed by atoms with Crippen LogP contribution in [0.3, 0.4) is 0 Å². The number of fused-ring (bicyclic) bond motifs is 1. The number of aromatic nitrogens is 2. The van der Waals surface area contributed by atoms with Gasteiger partial charge in [-0.25, -0.2) is 13.4 Å². The third-order valence-corrected chi connectivity index (χ3v) is 4.83. The fourth-order valence-electron chi connectivity index (χ4n) is 2.72. The summed E-state index contributed by atoms with van der Waals surface area (Å²) in [5, 5.41) is 19.1. The molecule has 0 unspecified atom stereocenters. The van der Waals surface area contributed by atoms with Gasteiger partial charge in [0, 0.05) is 37.0 Å². The van der Waals surface area contributed by atoms with Crippen LogP contribution in [0.4, 0.5) is 0 Å². The Morgan fingerprint density at radius 1 is 1.33 bits per heavy atom. The molecule has 0 aliphatic carbocycles. The Morgan fingerprint density at radius 3 is 2.79 bits per heavy atom. The zero-order valence-electron chi connectivity index (χ0n) is 13.0. The summed E-state index contributed by atoms with van der Waals surface area (Å²) in [4.78, 5) is 20.4. The molecule has 0 radical (unpaired) electrons. The van der Waals surface area contributed by atoms with Crippen LogP contribution < -0.4 is 5.56 Å². The molecular weight excluding hydrogens is 334 g/mol. The Kier molecular flexibility index (Phi) is 4.06. The highest BCUT2D eigenvalue weighted by molar-refractivity contribution is 7.90. The molecule has 24 heavy (non-hydrogen) atoms. The second kappa shape index (κ2) is 5.91. The van der Waals surface area contributed by atoms with Crippen molar-refractivity contribution in [1.82, 2.24) is 14.9 Å². The monoisotopic (exact) mass is 351 g/mol. The summed E-state index contributed by atoms with van der Waals surface area (Å²) in [6.45, 7) is 1.20. The Morgan fingerprint density at radius 2 is 2.08 bits per heavy atom. The van der Waals surface area contributed by atoms with Crippen LogP contribution in [0, 0.1) is 0 Å². The van der Waals surface area contributed by atoms with Crippen LogP contribution in [-0.4, -0.2) is 46.3 Å². The first kappa shape index (κ1) is 16.5. The lowest BCUT2D eigenvalue weighted by Crippen LogP contribution is -2.35. The number of phenols is 2. The molecule has 128 valence electrons. The van der Waals surface area contributed by atoms with Gasteiger partial charge < -0.3 is 10.2 Å². The summed E-state index contributed by atoms with van der Waals surface area (Å²) in [5.74, 6) is 0.114. The Balaban J connectivity index is 1.90. The topological polar surface area (TPSA) is 124 Å². The smallest absolute Gasteiger partial charge is 0.255 e. The van der Waals surface area contributed by atoms with E-state index in [1.165, 1.54) is 18.2 Å². The zero-order valence-corrected chi connectivity index (χ0v) is 13.8. The number of phenolic OH excluding ortho intramolecular Hbond substituents is 2. The summed E-state index contributed by atoms with van der Waals surface area (Å²) < 4.78 is 23.2. The average Bonchev–Trinajstić information content (AvgIpc) is 2.49. The standard InChI is InChI=1S/C15H17N3O5S/c1-24(22,23)15-16-12-8-18(5-4-11(12)14(21)17-15)7-9-6-10(19)2-3-13(9)20/h2-3,6,19-20H,4-5,7-8H2,1H3,(H,16,17,21). The molecule has 1 aromatic carbocycles. The number of aromatic amines is 1. The first-order chi connectivity index (χ1) is 11.2. The fraction of sp³-hybridized carbons (Fsp3) is 0.333. The van der Waals surface area contributed by atoms with Crippen LogP contribution in [0.1, 0.15) is 16.8 Å².